The fraction of sp³-hybridized carbons (Fsp3) is 0.500. The molecule has 1 amide bonds. The first-order chi connectivity index (χ1) is 5.74. The summed E-state index contributed by atoms with van der Waals surface area (Å²) < 4.78 is 4.25. The molecule has 1 aliphatic rings. The lowest BCUT2D eigenvalue weighted by molar-refractivity contribution is -0.153. The van der Waals surface area contributed by atoms with Crippen molar-refractivity contribution in [2.24, 2.45) is 0 Å². The molecule has 0 aliphatic heterocycles. The summed E-state index contributed by atoms with van der Waals surface area (Å²) in [5.74, 6) is -1.49. The van der Waals surface area contributed by atoms with Crippen molar-refractivity contribution in [3.8, 4) is 0 Å². The molecule has 1 rings (SSSR count). The summed E-state index contributed by atoms with van der Waals surface area (Å²) in [5, 5.41) is 2.55. The number of methoxy groups -OCH3 is 1. The maximum Gasteiger partial charge on any atom is 0.396 e. The second kappa shape index (κ2) is 3.90. The Morgan fingerprint density at radius 1 is 1.42 bits per heavy atom. The van der Waals surface area contributed by atoms with Gasteiger partial charge in [0.1, 0.15) is 0 Å². The van der Waals surface area contributed by atoms with Gasteiger partial charge in [-0.25, -0.2) is 4.79 Å². The second-order valence-corrected chi connectivity index (χ2v) is 2.60. The van der Waals surface area contributed by atoms with Crippen molar-refractivity contribution in [3.63, 3.8) is 0 Å². The molecule has 4 heteroatoms. The molecule has 0 saturated heterocycles. The largest absolute Gasteiger partial charge is 0.462 e. The van der Waals surface area contributed by atoms with E-state index in [4.69, 9.17) is 0 Å². The minimum Gasteiger partial charge on any atom is -0.462 e. The molecule has 0 spiro atoms. The van der Waals surface area contributed by atoms with Gasteiger partial charge in [-0.2, -0.15) is 0 Å². The summed E-state index contributed by atoms with van der Waals surface area (Å²) in [6, 6.07) is 0.0663. The first-order valence-corrected chi connectivity index (χ1v) is 3.78. The van der Waals surface area contributed by atoms with Gasteiger partial charge < -0.3 is 10.1 Å². The third-order valence-corrected chi connectivity index (χ3v) is 1.71. The molecule has 66 valence electrons. The molecule has 0 radical (unpaired) electrons. The molecule has 0 saturated carbocycles. The van der Waals surface area contributed by atoms with Crippen molar-refractivity contribution in [2.75, 3.05) is 7.11 Å². The highest BCUT2D eigenvalue weighted by Crippen LogP contribution is 2.08. The normalized spacial score (nSPS) is 16.1. The van der Waals surface area contributed by atoms with Gasteiger partial charge in [0.2, 0.25) is 0 Å². The molecule has 0 aromatic heterocycles. The molecule has 0 unspecified atom stereocenters. The van der Waals surface area contributed by atoms with Gasteiger partial charge in [0.05, 0.1) is 7.11 Å². The molecule has 1 aliphatic carbocycles. The van der Waals surface area contributed by atoms with E-state index in [1.165, 1.54) is 7.11 Å². The maximum atomic E-state index is 10.9. The highest BCUT2D eigenvalue weighted by Gasteiger charge is 2.18. The number of rotatable bonds is 1. The molecule has 12 heavy (non-hydrogen) atoms. The molecule has 0 fully saturated rings. The van der Waals surface area contributed by atoms with E-state index in [1.54, 1.807) is 0 Å². The number of amides is 1. The summed E-state index contributed by atoms with van der Waals surface area (Å²) in [5.41, 5.74) is 0. The molecule has 0 atom stereocenters. The van der Waals surface area contributed by atoms with Crippen molar-refractivity contribution in [2.45, 2.75) is 18.9 Å². The second-order valence-electron chi connectivity index (χ2n) is 2.60. The number of carbonyl (C=O) groups excluding carboxylic acids is 2. The van der Waals surface area contributed by atoms with E-state index in [2.05, 4.69) is 10.1 Å². The fourth-order valence-corrected chi connectivity index (χ4v) is 1.07. The van der Waals surface area contributed by atoms with Crippen LogP contribution in [-0.4, -0.2) is 25.0 Å². The van der Waals surface area contributed by atoms with E-state index in [-0.39, 0.29) is 6.04 Å². The average Bonchev–Trinajstić information content (AvgIpc) is 2.55. The van der Waals surface area contributed by atoms with Crippen LogP contribution in [0.25, 0.3) is 0 Å². The number of hydrogen-bond acceptors (Lipinski definition) is 3. The first kappa shape index (κ1) is 8.77. The predicted octanol–water partition coefficient (Wildman–Crippen LogP) is -0.00580. The quantitative estimate of drug-likeness (QED) is 0.341. The van der Waals surface area contributed by atoms with E-state index in [1.807, 2.05) is 12.2 Å². The number of carbonyl (C=O) groups is 2. The van der Waals surface area contributed by atoms with E-state index in [9.17, 15) is 9.59 Å². The van der Waals surface area contributed by atoms with Crippen LogP contribution >= 0.6 is 0 Å². The third-order valence-electron chi connectivity index (χ3n) is 1.71. The van der Waals surface area contributed by atoms with E-state index in [0.29, 0.717) is 0 Å². The lowest BCUT2D eigenvalue weighted by Gasteiger charge is -2.09. The van der Waals surface area contributed by atoms with Crippen LogP contribution in [0.4, 0.5) is 0 Å². The van der Waals surface area contributed by atoms with Crippen LogP contribution in [0.5, 0.6) is 0 Å². The van der Waals surface area contributed by atoms with E-state index < -0.39 is 11.9 Å². The summed E-state index contributed by atoms with van der Waals surface area (Å²) in [6.07, 6.45) is 5.54. The van der Waals surface area contributed by atoms with Gasteiger partial charge in [-0.1, -0.05) is 12.2 Å². The highest BCUT2D eigenvalue weighted by atomic mass is 16.5. The minimum atomic E-state index is -0.832. The average molecular weight is 169 g/mol. The molecular formula is C8H11NO3. The lowest BCUT2D eigenvalue weighted by atomic mass is 10.2. The Morgan fingerprint density at radius 2 is 2.00 bits per heavy atom. The minimum absolute atomic E-state index is 0.0663. The van der Waals surface area contributed by atoms with E-state index >= 15 is 0 Å². The van der Waals surface area contributed by atoms with Gasteiger partial charge in [-0.3, -0.25) is 4.79 Å². The van der Waals surface area contributed by atoms with Gasteiger partial charge in [0.25, 0.3) is 0 Å². The Morgan fingerprint density at radius 3 is 2.50 bits per heavy atom. The molecule has 4 nitrogen and oxygen atoms in total. The summed E-state index contributed by atoms with van der Waals surface area (Å²) in [4.78, 5) is 21.6. The van der Waals surface area contributed by atoms with Crippen LogP contribution in [0.3, 0.4) is 0 Å². The Bertz CT molecular complexity index is 214. The number of nitrogens with one attached hydrogen (secondary N) is 1. The Labute approximate surface area is 70.6 Å². The Hall–Kier alpha value is -1.32. The Balaban J connectivity index is 2.31. The van der Waals surface area contributed by atoms with Crippen molar-refractivity contribution in [1.29, 1.82) is 0 Å². The maximum absolute atomic E-state index is 10.9. The van der Waals surface area contributed by atoms with Crippen molar-refractivity contribution in [3.05, 3.63) is 12.2 Å². The molecule has 0 aromatic rings. The zero-order valence-electron chi connectivity index (χ0n) is 6.87. The van der Waals surface area contributed by atoms with E-state index in [0.717, 1.165) is 12.8 Å². The molecule has 0 bridgehead atoms. The highest BCUT2D eigenvalue weighted by molar-refractivity contribution is 6.32. The molecular weight excluding hydrogens is 158 g/mol. The SMILES string of the molecule is COC(=O)C(=O)NC1CC=CC1. The smallest absolute Gasteiger partial charge is 0.396 e. The van der Waals surface area contributed by atoms with Crippen LogP contribution in [0.15, 0.2) is 12.2 Å². The number of ether oxygens (including phenoxy) is 1. The summed E-state index contributed by atoms with van der Waals surface area (Å²) in [7, 11) is 1.19. The van der Waals surface area contributed by atoms with Gasteiger partial charge in [0.15, 0.2) is 0 Å². The zero-order chi connectivity index (χ0) is 8.97. The summed E-state index contributed by atoms with van der Waals surface area (Å²) >= 11 is 0. The van der Waals surface area contributed by atoms with Gasteiger partial charge in [-0.15, -0.1) is 0 Å². The molecule has 0 heterocycles. The topological polar surface area (TPSA) is 55.4 Å². The van der Waals surface area contributed by atoms with Crippen molar-refractivity contribution in [1.82, 2.24) is 5.32 Å². The van der Waals surface area contributed by atoms with Crippen LogP contribution in [-0.2, 0) is 14.3 Å². The lowest BCUT2D eigenvalue weighted by Crippen LogP contribution is -2.38. The summed E-state index contributed by atoms with van der Waals surface area (Å²) in [6.45, 7) is 0. The fourth-order valence-electron chi connectivity index (χ4n) is 1.07. The van der Waals surface area contributed by atoms with Crippen LogP contribution in [0.2, 0.25) is 0 Å². The molecule has 1 N–H and O–H groups in total. The van der Waals surface area contributed by atoms with Crippen molar-refractivity contribution >= 4 is 11.9 Å². The van der Waals surface area contributed by atoms with Crippen LogP contribution in [0, 0.1) is 0 Å². The van der Waals surface area contributed by atoms with Crippen molar-refractivity contribution < 1.29 is 14.3 Å². The third kappa shape index (κ3) is 2.08. The first-order valence-electron chi connectivity index (χ1n) is 3.78. The van der Waals surface area contributed by atoms with Gasteiger partial charge in [-0.05, 0) is 12.8 Å². The molecule has 0 aromatic carbocycles. The predicted molar refractivity (Wildman–Crippen MR) is 42.3 cm³/mol. The van der Waals surface area contributed by atoms with Crippen LogP contribution < -0.4 is 5.32 Å². The standard InChI is InChI=1S/C8H11NO3/c1-12-8(11)7(10)9-6-4-2-3-5-6/h2-3,6H,4-5H2,1H3,(H,9,10). The monoisotopic (exact) mass is 169 g/mol. The zero-order valence-corrected chi connectivity index (χ0v) is 6.87. The van der Waals surface area contributed by atoms with Gasteiger partial charge in [0, 0.05) is 6.04 Å². The number of esters is 1. The van der Waals surface area contributed by atoms with Crippen LogP contribution in [0.1, 0.15) is 12.8 Å². The Kier molecular flexibility index (Phi) is 2.85. The van der Waals surface area contributed by atoms with Gasteiger partial charge >= 0.3 is 11.9 Å². The number of hydrogen-bond donors (Lipinski definition) is 1.